The predicted molar refractivity (Wildman–Crippen MR) is 127 cm³/mol. The van der Waals surface area contributed by atoms with E-state index in [0.29, 0.717) is 19.5 Å². The van der Waals surface area contributed by atoms with Gasteiger partial charge in [-0.25, -0.2) is 0 Å². The average Bonchev–Trinajstić information content (AvgIpc) is 3.23. The normalized spacial score (nSPS) is 14.5. The minimum atomic E-state index is -0.202. The summed E-state index contributed by atoms with van der Waals surface area (Å²) in [5.41, 5.74) is 6.67. The van der Waals surface area contributed by atoms with Gasteiger partial charge in [-0.05, 0) is 49.7 Å². The number of H-pyrrole nitrogens is 1. The molecule has 1 atom stereocenters. The van der Waals surface area contributed by atoms with E-state index in [-0.39, 0.29) is 11.9 Å². The number of aromatic amines is 1. The molecule has 1 amide bonds. The van der Waals surface area contributed by atoms with Crippen LogP contribution in [0.4, 0.5) is 0 Å². The molecule has 164 valence electrons. The average molecular weight is 429 g/mol. The van der Waals surface area contributed by atoms with Crippen molar-refractivity contribution in [2.24, 2.45) is 0 Å². The van der Waals surface area contributed by atoms with E-state index in [0.717, 1.165) is 34.6 Å². The zero-order valence-electron chi connectivity index (χ0n) is 18.7. The van der Waals surface area contributed by atoms with Crippen molar-refractivity contribution in [3.63, 3.8) is 0 Å². The van der Waals surface area contributed by atoms with Gasteiger partial charge in [0.15, 0.2) is 0 Å². The summed E-state index contributed by atoms with van der Waals surface area (Å²) in [4.78, 5) is 23.5. The molecule has 4 aromatic rings. The van der Waals surface area contributed by atoms with Crippen molar-refractivity contribution in [2.45, 2.75) is 32.4 Å². The molecule has 1 aliphatic heterocycles. The van der Waals surface area contributed by atoms with Gasteiger partial charge in [-0.3, -0.25) is 9.78 Å². The van der Waals surface area contributed by atoms with Gasteiger partial charge in [0.2, 0.25) is 5.91 Å². The fourth-order valence-corrected chi connectivity index (χ4v) is 4.66. The van der Waals surface area contributed by atoms with Gasteiger partial charge in [0.05, 0.1) is 36.6 Å². The van der Waals surface area contributed by atoms with E-state index >= 15 is 0 Å². The van der Waals surface area contributed by atoms with Crippen molar-refractivity contribution >= 4 is 27.7 Å². The van der Waals surface area contributed by atoms with Crippen LogP contribution in [0, 0.1) is 0 Å². The molecule has 6 nitrogen and oxygen atoms in total. The molecule has 0 bridgehead atoms. The van der Waals surface area contributed by atoms with Crippen molar-refractivity contribution in [1.82, 2.24) is 20.2 Å². The van der Waals surface area contributed by atoms with Gasteiger partial charge >= 0.3 is 0 Å². The molecular formula is C26H28N4O2. The highest BCUT2D eigenvalue weighted by Crippen LogP contribution is 2.35. The standard InChI is InChI=1S/C26H28N4O2/c1-16(27-2)26(31)30-13-12-20-23(15-30)28-22(14-17-8-10-18(32-3)11-9-17)25-24(20)19-6-4-5-7-21(19)29-25/h4-11,16,27,29H,12-15H2,1-3H3/t16-/m0/s1. The first-order valence-electron chi connectivity index (χ1n) is 11.1. The van der Waals surface area contributed by atoms with Gasteiger partial charge < -0.3 is 19.9 Å². The Morgan fingerprint density at radius 1 is 1.22 bits per heavy atom. The van der Waals surface area contributed by atoms with Gasteiger partial charge in [0.1, 0.15) is 5.75 Å². The number of carbonyl (C=O) groups is 1. The van der Waals surface area contributed by atoms with E-state index < -0.39 is 0 Å². The number of nitrogens with one attached hydrogen (secondary N) is 2. The van der Waals surface area contributed by atoms with E-state index in [2.05, 4.69) is 46.7 Å². The van der Waals surface area contributed by atoms with Gasteiger partial charge in [0.25, 0.3) is 0 Å². The monoisotopic (exact) mass is 428 g/mol. The van der Waals surface area contributed by atoms with Gasteiger partial charge in [-0.2, -0.15) is 0 Å². The third kappa shape index (κ3) is 3.50. The molecule has 2 aromatic heterocycles. The third-order valence-electron chi connectivity index (χ3n) is 6.53. The van der Waals surface area contributed by atoms with E-state index in [4.69, 9.17) is 9.72 Å². The first-order chi connectivity index (χ1) is 15.6. The predicted octanol–water partition coefficient (Wildman–Crippen LogP) is 3.81. The highest BCUT2D eigenvalue weighted by atomic mass is 16.5. The molecule has 1 aliphatic rings. The lowest BCUT2D eigenvalue weighted by atomic mass is 9.96. The number of likely N-dealkylation sites (N-methyl/N-ethyl adjacent to an activating group) is 1. The molecule has 0 spiro atoms. The van der Waals surface area contributed by atoms with Crippen LogP contribution in [0.3, 0.4) is 0 Å². The summed E-state index contributed by atoms with van der Waals surface area (Å²) >= 11 is 0. The zero-order valence-corrected chi connectivity index (χ0v) is 18.7. The number of para-hydroxylation sites is 1. The lowest BCUT2D eigenvalue weighted by molar-refractivity contribution is -0.133. The first kappa shape index (κ1) is 20.5. The molecule has 3 heterocycles. The molecule has 32 heavy (non-hydrogen) atoms. The number of ether oxygens (including phenoxy) is 1. The van der Waals surface area contributed by atoms with Crippen molar-refractivity contribution in [3.05, 3.63) is 71.0 Å². The highest BCUT2D eigenvalue weighted by molar-refractivity contribution is 6.10. The number of carbonyl (C=O) groups excluding carboxylic acids is 1. The molecule has 2 N–H and O–H groups in total. The SMILES string of the molecule is CN[C@@H](C)C(=O)N1CCc2c(nc(Cc3ccc(OC)cc3)c3[nH]c4ccccc4c23)C1. The Morgan fingerprint density at radius 3 is 2.75 bits per heavy atom. The molecule has 0 radical (unpaired) electrons. The molecular weight excluding hydrogens is 400 g/mol. The van der Waals surface area contributed by atoms with E-state index in [1.165, 1.54) is 21.9 Å². The largest absolute Gasteiger partial charge is 0.497 e. The minimum Gasteiger partial charge on any atom is -0.497 e. The zero-order chi connectivity index (χ0) is 22.2. The van der Waals surface area contributed by atoms with Crippen LogP contribution in [0.5, 0.6) is 5.75 Å². The number of pyridine rings is 1. The maximum absolute atomic E-state index is 12.8. The molecule has 0 fully saturated rings. The summed E-state index contributed by atoms with van der Waals surface area (Å²) < 4.78 is 5.30. The lowest BCUT2D eigenvalue weighted by Gasteiger charge is -2.31. The fourth-order valence-electron chi connectivity index (χ4n) is 4.66. The summed E-state index contributed by atoms with van der Waals surface area (Å²) in [5.74, 6) is 0.964. The quantitative estimate of drug-likeness (QED) is 0.507. The Bertz CT molecular complexity index is 1290. The van der Waals surface area contributed by atoms with Crippen LogP contribution < -0.4 is 10.1 Å². The number of amides is 1. The van der Waals surface area contributed by atoms with Crippen molar-refractivity contribution in [1.29, 1.82) is 0 Å². The molecule has 5 rings (SSSR count). The second-order valence-electron chi connectivity index (χ2n) is 8.45. The first-order valence-corrected chi connectivity index (χ1v) is 11.1. The van der Waals surface area contributed by atoms with E-state index in [1.807, 2.05) is 31.0 Å². The van der Waals surface area contributed by atoms with Crippen LogP contribution in [0.1, 0.15) is 29.4 Å². The van der Waals surface area contributed by atoms with E-state index in [9.17, 15) is 4.79 Å². The molecule has 0 saturated heterocycles. The lowest BCUT2D eigenvalue weighted by Crippen LogP contribution is -2.45. The summed E-state index contributed by atoms with van der Waals surface area (Å²) in [6.45, 7) is 3.17. The van der Waals surface area contributed by atoms with Crippen molar-refractivity contribution < 1.29 is 9.53 Å². The molecule has 6 heteroatoms. The van der Waals surface area contributed by atoms with Crippen LogP contribution in [0.2, 0.25) is 0 Å². The second-order valence-corrected chi connectivity index (χ2v) is 8.45. The fraction of sp³-hybridized carbons (Fsp3) is 0.308. The Kier molecular flexibility index (Phi) is 5.31. The van der Waals surface area contributed by atoms with Crippen LogP contribution in [-0.2, 0) is 24.2 Å². The summed E-state index contributed by atoms with van der Waals surface area (Å²) in [6.07, 6.45) is 1.52. The number of fused-ring (bicyclic) bond motifs is 5. The number of benzene rings is 2. The maximum Gasteiger partial charge on any atom is 0.239 e. The highest BCUT2D eigenvalue weighted by Gasteiger charge is 2.28. The van der Waals surface area contributed by atoms with Crippen molar-refractivity contribution in [3.8, 4) is 5.75 Å². The smallest absolute Gasteiger partial charge is 0.239 e. The maximum atomic E-state index is 12.8. The Morgan fingerprint density at radius 2 is 2.00 bits per heavy atom. The Balaban J connectivity index is 1.62. The Hall–Kier alpha value is -3.38. The molecule has 0 saturated carbocycles. The number of nitrogens with zero attached hydrogens (tertiary/aromatic N) is 2. The number of methoxy groups -OCH3 is 1. The minimum absolute atomic E-state index is 0.121. The second kappa shape index (κ2) is 8.28. The topological polar surface area (TPSA) is 70.2 Å². The van der Waals surface area contributed by atoms with E-state index in [1.54, 1.807) is 7.11 Å². The van der Waals surface area contributed by atoms with Crippen molar-refractivity contribution in [2.75, 3.05) is 20.7 Å². The van der Waals surface area contributed by atoms with Crippen LogP contribution >= 0.6 is 0 Å². The van der Waals surface area contributed by atoms with Crippen LogP contribution in [0.25, 0.3) is 21.8 Å². The van der Waals surface area contributed by atoms with Gasteiger partial charge in [-0.15, -0.1) is 0 Å². The van der Waals surface area contributed by atoms with Crippen LogP contribution in [0.15, 0.2) is 48.5 Å². The molecule has 0 unspecified atom stereocenters. The third-order valence-corrected chi connectivity index (χ3v) is 6.53. The molecule has 2 aromatic carbocycles. The van der Waals surface area contributed by atoms with Gasteiger partial charge in [0, 0.05) is 29.3 Å². The number of rotatable bonds is 5. The number of aromatic nitrogens is 2. The number of hydrogen-bond donors (Lipinski definition) is 2. The summed E-state index contributed by atoms with van der Waals surface area (Å²) in [7, 11) is 3.50. The Labute approximate surface area is 187 Å². The van der Waals surface area contributed by atoms with Crippen LogP contribution in [-0.4, -0.2) is 47.5 Å². The number of hydrogen-bond acceptors (Lipinski definition) is 4. The van der Waals surface area contributed by atoms with Gasteiger partial charge in [-0.1, -0.05) is 30.3 Å². The summed E-state index contributed by atoms with van der Waals surface area (Å²) in [6, 6.07) is 16.4. The summed E-state index contributed by atoms with van der Waals surface area (Å²) in [5, 5.41) is 5.54. The molecule has 0 aliphatic carbocycles.